The number of aromatic nitrogens is 1. The lowest BCUT2D eigenvalue weighted by molar-refractivity contribution is -0.672. The second-order valence-corrected chi connectivity index (χ2v) is 5.67. The van der Waals surface area contributed by atoms with Gasteiger partial charge in [-0.3, -0.25) is 4.79 Å². The molecular weight excluding hydrogens is 264 g/mol. The monoisotopic (exact) mass is 287 g/mol. The normalized spacial score (nSPS) is 10.9. The molecule has 21 heavy (non-hydrogen) atoms. The third kappa shape index (κ3) is 3.92. The van der Waals surface area contributed by atoms with Crippen molar-refractivity contribution in [2.24, 2.45) is 0 Å². The molecule has 0 saturated carbocycles. The Bertz CT molecular complexity index is 637. The fraction of sp³-hybridized carbons (Fsp3) is 0.375. The van der Waals surface area contributed by atoms with Gasteiger partial charge in [-0.25, -0.2) is 4.98 Å². The van der Waals surface area contributed by atoms with Gasteiger partial charge in [-0.2, -0.15) is 0 Å². The van der Waals surface area contributed by atoms with Crippen LogP contribution in [0, 0.1) is 0 Å². The highest BCUT2D eigenvalue weighted by Gasteiger charge is 2.11. The lowest BCUT2D eigenvalue weighted by Crippen LogP contribution is -2.90. The molecule has 1 aromatic carbocycles. The Morgan fingerprint density at radius 1 is 1.33 bits per heavy atom. The Kier molecular flexibility index (Phi) is 4.75. The number of nitrogens with one attached hydrogen (secondary N) is 1. The molecule has 1 amide bonds. The van der Waals surface area contributed by atoms with Crippen LogP contribution >= 0.6 is 0 Å². The fourth-order valence-corrected chi connectivity index (χ4v) is 2.04. The number of para-hydroxylation sites is 1. The van der Waals surface area contributed by atoms with E-state index >= 15 is 0 Å². The van der Waals surface area contributed by atoms with Crippen molar-refractivity contribution in [2.45, 2.75) is 19.9 Å². The Labute approximate surface area is 125 Å². The zero-order valence-corrected chi connectivity index (χ0v) is 13.1. The van der Waals surface area contributed by atoms with Crippen molar-refractivity contribution in [1.29, 1.82) is 0 Å². The first-order valence-corrected chi connectivity index (χ1v) is 7.17. The first kappa shape index (κ1) is 15.3. The molecule has 2 rings (SSSR count). The zero-order valence-electron chi connectivity index (χ0n) is 13.1. The molecule has 1 heterocycles. The van der Waals surface area contributed by atoms with Crippen LogP contribution in [0.4, 0.5) is 11.5 Å². The standard InChI is InChI=1S/C16H22N4O/c1-11(2)17-10-16(21)19-14-9-15(20(3)4)18-13-8-6-5-7-12(13)14/h5-9,11,17H,10H2,1-4H3,(H,18,19,21)/p+1. The summed E-state index contributed by atoms with van der Waals surface area (Å²) >= 11 is 0. The summed E-state index contributed by atoms with van der Waals surface area (Å²) in [7, 11) is 3.88. The molecule has 1 aromatic heterocycles. The van der Waals surface area contributed by atoms with Crippen molar-refractivity contribution in [3.05, 3.63) is 30.3 Å². The number of nitrogens with zero attached hydrogens (tertiary/aromatic N) is 2. The van der Waals surface area contributed by atoms with Crippen molar-refractivity contribution in [1.82, 2.24) is 4.98 Å². The van der Waals surface area contributed by atoms with Crippen LogP contribution in [0.5, 0.6) is 0 Å². The molecule has 0 bridgehead atoms. The number of fused-ring (bicyclic) bond motifs is 1. The molecule has 0 atom stereocenters. The van der Waals surface area contributed by atoms with Crippen LogP contribution in [0.1, 0.15) is 13.8 Å². The summed E-state index contributed by atoms with van der Waals surface area (Å²) in [6.45, 7) is 4.56. The zero-order chi connectivity index (χ0) is 15.4. The lowest BCUT2D eigenvalue weighted by atomic mass is 10.1. The predicted octanol–water partition coefficient (Wildman–Crippen LogP) is 1.21. The van der Waals surface area contributed by atoms with Crippen LogP contribution in [-0.4, -0.2) is 37.6 Å². The molecule has 0 aliphatic heterocycles. The summed E-state index contributed by atoms with van der Waals surface area (Å²) in [5, 5.41) is 5.96. The topological polar surface area (TPSA) is 61.8 Å². The van der Waals surface area contributed by atoms with Gasteiger partial charge in [-0.15, -0.1) is 0 Å². The Morgan fingerprint density at radius 3 is 2.71 bits per heavy atom. The Hall–Kier alpha value is -2.14. The lowest BCUT2D eigenvalue weighted by Gasteiger charge is -2.15. The number of hydrogen-bond donors (Lipinski definition) is 2. The molecule has 0 fully saturated rings. The number of carbonyl (C=O) groups is 1. The van der Waals surface area contributed by atoms with Gasteiger partial charge in [0.25, 0.3) is 5.91 Å². The van der Waals surface area contributed by atoms with Crippen LogP contribution in [0.25, 0.3) is 10.9 Å². The molecule has 0 radical (unpaired) electrons. The van der Waals surface area contributed by atoms with Crippen molar-refractivity contribution in [3.63, 3.8) is 0 Å². The molecule has 0 aliphatic carbocycles. The molecule has 5 heteroatoms. The minimum Gasteiger partial charge on any atom is -0.363 e. The third-order valence-electron chi connectivity index (χ3n) is 3.21. The number of benzene rings is 1. The highest BCUT2D eigenvalue weighted by Crippen LogP contribution is 2.26. The summed E-state index contributed by atoms with van der Waals surface area (Å²) in [6.07, 6.45) is 0. The van der Waals surface area contributed by atoms with Gasteiger partial charge in [0, 0.05) is 25.5 Å². The van der Waals surface area contributed by atoms with Crippen molar-refractivity contribution < 1.29 is 10.1 Å². The van der Waals surface area contributed by atoms with Gasteiger partial charge < -0.3 is 15.5 Å². The average molecular weight is 287 g/mol. The van der Waals surface area contributed by atoms with Gasteiger partial charge in [-0.1, -0.05) is 18.2 Å². The maximum Gasteiger partial charge on any atom is 0.279 e. The van der Waals surface area contributed by atoms with Crippen molar-refractivity contribution >= 4 is 28.3 Å². The molecule has 112 valence electrons. The molecule has 5 nitrogen and oxygen atoms in total. The van der Waals surface area contributed by atoms with E-state index in [0.29, 0.717) is 12.6 Å². The van der Waals surface area contributed by atoms with Gasteiger partial charge in [0.05, 0.1) is 17.2 Å². The number of rotatable bonds is 5. The first-order chi connectivity index (χ1) is 9.97. The summed E-state index contributed by atoms with van der Waals surface area (Å²) in [4.78, 5) is 18.6. The smallest absolute Gasteiger partial charge is 0.279 e. The summed E-state index contributed by atoms with van der Waals surface area (Å²) in [6, 6.07) is 10.2. The predicted molar refractivity (Wildman–Crippen MR) is 86.6 cm³/mol. The van der Waals surface area contributed by atoms with Crippen LogP contribution in [0.15, 0.2) is 30.3 Å². The number of anilines is 2. The van der Waals surface area contributed by atoms with E-state index in [1.807, 2.05) is 54.6 Å². The number of amides is 1. The second kappa shape index (κ2) is 6.54. The number of carbonyl (C=O) groups excluding carboxylic acids is 1. The molecular formula is C16H23N4O+. The minimum absolute atomic E-state index is 0.00441. The maximum absolute atomic E-state index is 12.1. The van der Waals surface area contributed by atoms with Gasteiger partial charge in [0.2, 0.25) is 0 Å². The van der Waals surface area contributed by atoms with E-state index in [2.05, 4.69) is 24.1 Å². The molecule has 0 saturated heterocycles. The minimum atomic E-state index is 0.00441. The molecule has 3 N–H and O–H groups in total. The van der Waals surface area contributed by atoms with E-state index < -0.39 is 0 Å². The van der Waals surface area contributed by atoms with E-state index in [-0.39, 0.29) is 5.91 Å². The van der Waals surface area contributed by atoms with E-state index in [4.69, 9.17) is 0 Å². The quantitative estimate of drug-likeness (QED) is 0.869. The van der Waals surface area contributed by atoms with Gasteiger partial charge >= 0.3 is 0 Å². The molecule has 0 spiro atoms. The largest absolute Gasteiger partial charge is 0.363 e. The van der Waals surface area contributed by atoms with E-state index in [1.54, 1.807) is 0 Å². The highest BCUT2D eigenvalue weighted by atomic mass is 16.1. The molecule has 2 aromatic rings. The van der Waals surface area contributed by atoms with Crippen LogP contribution < -0.4 is 15.5 Å². The highest BCUT2D eigenvalue weighted by molar-refractivity contribution is 6.02. The second-order valence-electron chi connectivity index (χ2n) is 5.67. The van der Waals surface area contributed by atoms with E-state index in [0.717, 1.165) is 22.4 Å². The molecule has 0 aliphatic rings. The number of hydrogen-bond acceptors (Lipinski definition) is 3. The summed E-state index contributed by atoms with van der Waals surface area (Å²) in [5.41, 5.74) is 1.69. The van der Waals surface area contributed by atoms with Crippen LogP contribution in [0.2, 0.25) is 0 Å². The van der Waals surface area contributed by atoms with Crippen molar-refractivity contribution in [3.8, 4) is 0 Å². The van der Waals surface area contributed by atoms with Crippen LogP contribution in [0.3, 0.4) is 0 Å². The maximum atomic E-state index is 12.1. The van der Waals surface area contributed by atoms with Gasteiger partial charge in [0.1, 0.15) is 5.82 Å². The fourth-order valence-electron chi connectivity index (χ4n) is 2.04. The summed E-state index contributed by atoms with van der Waals surface area (Å²) in [5.74, 6) is 0.835. The van der Waals surface area contributed by atoms with E-state index in [1.165, 1.54) is 0 Å². The average Bonchev–Trinajstić information content (AvgIpc) is 2.45. The third-order valence-corrected chi connectivity index (χ3v) is 3.21. The number of quaternary nitrogens is 1. The molecule has 0 unspecified atom stereocenters. The van der Waals surface area contributed by atoms with Crippen LogP contribution in [-0.2, 0) is 4.79 Å². The van der Waals surface area contributed by atoms with E-state index in [9.17, 15) is 4.79 Å². The number of pyridine rings is 1. The number of nitrogens with two attached hydrogens (primary N) is 1. The summed E-state index contributed by atoms with van der Waals surface area (Å²) < 4.78 is 0. The SMILES string of the molecule is CC(C)[NH2+]CC(=O)Nc1cc(N(C)C)nc2ccccc12. The Morgan fingerprint density at radius 2 is 2.05 bits per heavy atom. The van der Waals surface area contributed by atoms with Gasteiger partial charge in [-0.05, 0) is 19.9 Å². The van der Waals surface area contributed by atoms with Gasteiger partial charge in [0.15, 0.2) is 6.54 Å². The first-order valence-electron chi connectivity index (χ1n) is 7.17. The van der Waals surface area contributed by atoms with Crippen molar-refractivity contribution in [2.75, 3.05) is 30.9 Å². The Balaban J connectivity index is 2.30.